The third kappa shape index (κ3) is 4.93. The summed E-state index contributed by atoms with van der Waals surface area (Å²) >= 11 is 9.55. The van der Waals surface area contributed by atoms with Crippen molar-refractivity contribution >= 4 is 29.2 Å². The molecule has 0 aliphatic rings. The van der Waals surface area contributed by atoms with Crippen molar-refractivity contribution in [2.24, 2.45) is 0 Å². The normalized spacial score (nSPS) is 11.2. The van der Waals surface area contributed by atoms with Gasteiger partial charge in [0.25, 0.3) is 0 Å². The number of nitrogens with one attached hydrogen (secondary N) is 1. The van der Waals surface area contributed by atoms with Crippen molar-refractivity contribution in [2.75, 3.05) is 0 Å². The van der Waals surface area contributed by atoms with Gasteiger partial charge in [0.2, 0.25) is 0 Å². The van der Waals surface area contributed by atoms with E-state index in [4.69, 9.17) is 24.8 Å². The largest absolute Gasteiger partial charge is 1.00 e. The van der Waals surface area contributed by atoms with Crippen molar-refractivity contribution in [3.63, 3.8) is 0 Å². The van der Waals surface area contributed by atoms with E-state index in [-0.39, 0.29) is 35.6 Å². The van der Waals surface area contributed by atoms with E-state index in [1.165, 1.54) is 5.56 Å². The molecule has 1 N–H and O–H groups in total. The summed E-state index contributed by atoms with van der Waals surface area (Å²) in [5, 5.41) is 3.01. The van der Waals surface area contributed by atoms with Gasteiger partial charge in [-0.2, -0.15) is 0 Å². The predicted octanol–water partition coefficient (Wildman–Crippen LogP) is -0.827. The van der Waals surface area contributed by atoms with Crippen LogP contribution in [0.3, 0.4) is 0 Å². The van der Waals surface area contributed by atoms with Crippen molar-refractivity contribution < 1.29 is 29.6 Å². The molecule has 0 aliphatic heterocycles. The average molecular weight is 219 g/mol. The van der Waals surface area contributed by atoms with Crippen LogP contribution < -0.4 is 34.9 Å². The molecule has 1 aromatic carbocycles. The molecule has 1 nitrogen and oxygen atoms in total. The minimum atomic E-state index is 0. The van der Waals surface area contributed by atoms with E-state index in [0.717, 1.165) is 0 Å². The van der Waals surface area contributed by atoms with Gasteiger partial charge >= 0.3 is 29.6 Å². The van der Waals surface area contributed by atoms with E-state index < -0.39 is 0 Å². The molecule has 4 heteroatoms. The van der Waals surface area contributed by atoms with Gasteiger partial charge in [-0.15, -0.1) is 0 Å². The molecular formula is C9H10NNaS2. The maximum Gasteiger partial charge on any atom is 1.00 e. The molecule has 0 bridgehead atoms. The van der Waals surface area contributed by atoms with E-state index in [2.05, 4.69) is 5.32 Å². The smallest absolute Gasteiger partial charge is 0.412 e. The SMILES string of the molecule is CC(NC(=S)[S-])c1ccccc1.[Na+]. The van der Waals surface area contributed by atoms with Gasteiger partial charge in [-0.1, -0.05) is 34.7 Å². The summed E-state index contributed by atoms with van der Waals surface area (Å²) in [5.41, 5.74) is 1.20. The predicted molar refractivity (Wildman–Crippen MR) is 58.0 cm³/mol. The molecule has 0 aliphatic carbocycles. The first-order valence-electron chi connectivity index (χ1n) is 3.72. The standard InChI is InChI=1S/C9H11NS2.Na/c1-7(10-9(11)12)8-5-3-2-4-6-8;/h2-7H,1H3,(H2,10,11,12);/q;+1/p-1. The molecule has 0 saturated carbocycles. The van der Waals surface area contributed by atoms with Crippen LogP contribution in [0, 0.1) is 0 Å². The molecular weight excluding hydrogens is 209 g/mol. The van der Waals surface area contributed by atoms with Gasteiger partial charge in [0.05, 0.1) is 0 Å². The Morgan fingerprint density at radius 1 is 1.38 bits per heavy atom. The first kappa shape index (κ1) is 13.3. The van der Waals surface area contributed by atoms with Gasteiger partial charge in [-0.05, 0) is 12.5 Å². The molecule has 0 spiro atoms. The van der Waals surface area contributed by atoms with Crippen LogP contribution in [-0.2, 0) is 12.6 Å². The van der Waals surface area contributed by atoms with Crippen LogP contribution in [0.4, 0.5) is 0 Å². The van der Waals surface area contributed by atoms with Crippen LogP contribution in [0.15, 0.2) is 30.3 Å². The summed E-state index contributed by atoms with van der Waals surface area (Å²) in [6.07, 6.45) is 0. The van der Waals surface area contributed by atoms with Crippen molar-refractivity contribution in [1.29, 1.82) is 0 Å². The van der Waals surface area contributed by atoms with Crippen LogP contribution in [0.5, 0.6) is 0 Å². The molecule has 0 saturated heterocycles. The fourth-order valence-corrected chi connectivity index (χ4v) is 1.36. The van der Waals surface area contributed by atoms with Crippen LogP contribution in [0.2, 0.25) is 0 Å². The average Bonchev–Trinajstić information content (AvgIpc) is 2.05. The number of hydrogen-bond acceptors (Lipinski definition) is 2. The zero-order chi connectivity index (χ0) is 8.97. The van der Waals surface area contributed by atoms with E-state index >= 15 is 0 Å². The number of thiocarbonyl (C=S) groups is 1. The zero-order valence-corrected chi connectivity index (χ0v) is 11.4. The first-order chi connectivity index (χ1) is 5.70. The molecule has 1 unspecified atom stereocenters. The second-order valence-electron chi connectivity index (χ2n) is 2.56. The van der Waals surface area contributed by atoms with Crippen molar-refractivity contribution in [3.05, 3.63) is 35.9 Å². The number of hydrogen-bond donors (Lipinski definition) is 1. The van der Waals surface area contributed by atoms with Gasteiger partial charge in [0.1, 0.15) is 0 Å². The van der Waals surface area contributed by atoms with Crippen molar-refractivity contribution in [3.8, 4) is 0 Å². The van der Waals surface area contributed by atoms with Crippen LogP contribution in [0.25, 0.3) is 0 Å². The summed E-state index contributed by atoms with van der Waals surface area (Å²) in [4.78, 5) is 0. The topological polar surface area (TPSA) is 12.0 Å². The molecule has 1 atom stereocenters. The summed E-state index contributed by atoms with van der Waals surface area (Å²) in [6, 6.07) is 10.3. The number of benzene rings is 1. The first-order valence-corrected chi connectivity index (χ1v) is 4.54. The molecule has 0 amide bonds. The van der Waals surface area contributed by atoms with Gasteiger partial charge in [0, 0.05) is 6.04 Å². The quantitative estimate of drug-likeness (QED) is 0.396. The summed E-state index contributed by atoms with van der Waals surface area (Å²) < 4.78 is 0.423. The van der Waals surface area contributed by atoms with Gasteiger partial charge in [-0.3, -0.25) is 0 Å². The van der Waals surface area contributed by atoms with E-state index in [9.17, 15) is 0 Å². The van der Waals surface area contributed by atoms with Gasteiger partial charge in [0.15, 0.2) is 0 Å². The van der Waals surface area contributed by atoms with E-state index in [1.54, 1.807) is 0 Å². The van der Waals surface area contributed by atoms with Crippen molar-refractivity contribution in [2.45, 2.75) is 13.0 Å². The molecule has 0 fully saturated rings. The van der Waals surface area contributed by atoms with E-state index in [1.807, 2.05) is 37.3 Å². The molecule has 64 valence electrons. The third-order valence-corrected chi connectivity index (χ3v) is 1.87. The van der Waals surface area contributed by atoms with Crippen LogP contribution in [-0.4, -0.2) is 4.32 Å². The maximum atomic E-state index is 4.78. The minimum Gasteiger partial charge on any atom is -0.412 e. The molecule has 13 heavy (non-hydrogen) atoms. The summed E-state index contributed by atoms with van der Waals surface area (Å²) in [5.74, 6) is 0. The molecule has 1 aromatic rings. The Morgan fingerprint density at radius 3 is 2.38 bits per heavy atom. The van der Waals surface area contributed by atoms with Gasteiger partial charge in [-0.25, -0.2) is 0 Å². The monoisotopic (exact) mass is 219 g/mol. The van der Waals surface area contributed by atoms with Gasteiger partial charge < -0.3 is 30.2 Å². The zero-order valence-electron chi connectivity index (χ0n) is 7.78. The minimum absolute atomic E-state index is 0. The summed E-state index contributed by atoms with van der Waals surface area (Å²) in [6.45, 7) is 2.04. The Labute approximate surface area is 112 Å². The fraction of sp³-hybridized carbons (Fsp3) is 0.222. The second kappa shape index (κ2) is 6.74. The summed E-state index contributed by atoms with van der Waals surface area (Å²) in [7, 11) is 0. The molecule has 1 rings (SSSR count). The maximum absolute atomic E-state index is 4.78. The Morgan fingerprint density at radius 2 is 1.92 bits per heavy atom. The van der Waals surface area contributed by atoms with E-state index in [0.29, 0.717) is 4.32 Å². The Hall–Kier alpha value is 0.330. The van der Waals surface area contributed by atoms with Crippen LogP contribution in [0.1, 0.15) is 18.5 Å². The van der Waals surface area contributed by atoms with Crippen LogP contribution >= 0.6 is 12.2 Å². The second-order valence-corrected chi connectivity index (χ2v) is 3.64. The molecule has 0 aromatic heterocycles. The van der Waals surface area contributed by atoms with Crippen molar-refractivity contribution in [1.82, 2.24) is 5.32 Å². The fourth-order valence-electron chi connectivity index (χ4n) is 1.00. The number of rotatable bonds is 2. The Balaban J connectivity index is 0.00000144. The molecule has 0 heterocycles. The third-order valence-electron chi connectivity index (χ3n) is 1.63. The molecule has 0 radical (unpaired) electrons. The Bertz CT molecular complexity index is 264. The Kier molecular flexibility index (Phi) is 6.91.